The summed E-state index contributed by atoms with van der Waals surface area (Å²) in [5, 5.41) is 0. The molecule has 0 saturated heterocycles. The lowest BCUT2D eigenvalue weighted by atomic mass is 10.1. The number of carbonyl (C=O) groups excluding carboxylic acids is 2. The number of rotatable bonds is 37. The van der Waals surface area contributed by atoms with Gasteiger partial charge < -0.3 is 20.1 Å². The van der Waals surface area contributed by atoms with E-state index in [4.69, 9.17) is 24.3 Å². The number of unbranched alkanes of at least 4 members (excludes halogenated alkanes) is 8. The number of allylic oxidation sites excluding steroid dienone is 16. The molecule has 0 aromatic rings. The summed E-state index contributed by atoms with van der Waals surface area (Å²) in [5.41, 5.74) is 5.33. The van der Waals surface area contributed by atoms with Crippen LogP contribution in [0.25, 0.3) is 0 Å². The summed E-state index contributed by atoms with van der Waals surface area (Å²) in [6.07, 6.45) is 51.6. The molecule has 1 unspecified atom stereocenters. The van der Waals surface area contributed by atoms with Gasteiger partial charge in [0.05, 0.1) is 13.2 Å². The molecule has 0 rings (SSSR count). The van der Waals surface area contributed by atoms with Gasteiger partial charge in [-0.25, -0.2) is 4.57 Å². The molecule has 0 bridgehead atoms. The van der Waals surface area contributed by atoms with Crippen molar-refractivity contribution in [3.63, 3.8) is 0 Å². The van der Waals surface area contributed by atoms with Crippen molar-refractivity contribution >= 4 is 19.8 Å². The van der Waals surface area contributed by atoms with Gasteiger partial charge in [0.2, 0.25) is 0 Å². The van der Waals surface area contributed by atoms with Crippen LogP contribution in [0.15, 0.2) is 97.2 Å². The summed E-state index contributed by atoms with van der Waals surface area (Å²) < 4.78 is 32.6. The standard InChI is InChI=1S/C45H74NO8P/c1-3-5-7-9-11-13-15-17-19-20-21-22-24-25-27-29-31-33-35-37-44(47)51-41-43(42-53-55(49,50)52-40-39-46)54-45(48)38-36-34-32-30-28-26-23-18-16-14-12-10-8-6-4-2/h5,7,11-14,17-19,21-23,25,27,31,33,43H,3-4,6,8-10,15-16,20,24,26,28-30,32,34-42,46H2,1-2H3,(H,49,50)/b7-5+,13-11+,14-12+,19-17+,22-21+,23-18+,27-25+,33-31+/t43-/m1/s1. The van der Waals surface area contributed by atoms with Crippen molar-refractivity contribution in [2.45, 2.75) is 148 Å². The predicted molar refractivity (Wildman–Crippen MR) is 228 cm³/mol. The van der Waals surface area contributed by atoms with Crippen LogP contribution in [0.1, 0.15) is 142 Å². The summed E-state index contributed by atoms with van der Waals surface area (Å²) >= 11 is 0. The van der Waals surface area contributed by atoms with Crippen molar-refractivity contribution in [2.75, 3.05) is 26.4 Å². The number of nitrogens with two attached hydrogens (primary N) is 1. The molecule has 2 atom stereocenters. The average Bonchev–Trinajstić information content (AvgIpc) is 3.17. The topological polar surface area (TPSA) is 134 Å². The SMILES string of the molecule is CC/C=C/C/C=C/C/C=C/C/C=C/C/C=C/C/C=C/CCC(=O)OC[C@H](COP(=O)(O)OCCN)OC(=O)CCCCCCC/C=C/C/C=C/CCCCC. The van der Waals surface area contributed by atoms with Crippen molar-refractivity contribution in [3.05, 3.63) is 97.2 Å². The first-order valence-electron chi connectivity index (χ1n) is 20.7. The molecule has 0 fully saturated rings. The molecule has 3 N–H and O–H groups in total. The molecule has 0 aromatic heterocycles. The highest BCUT2D eigenvalue weighted by Gasteiger charge is 2.25. The van der Waals surface area contributed by atoms with E-state index in [1.165, 1.54) is 25.7 Å². The number of carbonyl (C=O) groups is 2. The van der Waals surface area contributed by atoms with Gasteiger partial charge in [-0.15, -0.1) is 0 Å². The maximum Gasteiger partial charge on any atom is 0.472 e. The number of hydrogen-bond acceptors (Lipinski definition) is 8. The number of ether oxygens (including phenoxy) is 2. The van der Waals surface area contributed by atoms with Gasteiger partial charge in [0.15, 0.2) is 6.10 Å². The Bertz CT molecular complexity index is 1220. The van der Waals surface area contributed by atoms with E-state index in [2.05, 4.69) is 98.9 Å². The van der Waals surface area contributed by atoms with Crippen molar-refractivity contribution in [3.8, 4) is 0 Å². The zero-order valence-corrected chi connectivity index (χ0v) is 35.0. The highest BCUT2D eigenvalue weighted by molar-refractivity contribution is 7.47. The quantitative estimate of drug-likeness (QED) is 0.0273. The van der Waals surface area contributed by atoms with Crippen molar-refractivity contribution in [1.82, 2.24) is 0 Å². The molecule has 0 aromatic carbocycles. The second-order valence-electron chi connectivity index (χ2n) is 13.1. The van der Waals surface area contributed by atoms with Crippen LogP contribution in [-0.4, -0.2) is 49.3 Å². The summed E-state index contributed by atoms with van der Waals surface area (Å²) in [7, 11) is -4.40. The van der Waals surface area contributed by atoms with E-state index in [0.29, 0.717) is 12.8 Å². The molecule has 0 aliphatic rings. The number of phosphoric acid groups is 1. The fraction of sp³-hybridized carbons (Fsp3) is 0.600. The molecule has 9 nitrogen and oxygen atoms in total. The summed E-state index contributed by atoms with van der Waals surface area (Å²) in [6, 6.07) is 0. The average molecular weight is 788 g/mol. The largest absolute Gasteiger partial charge is 0.472 e. The fourth-order valence-electron chi connectivity index (χ4n) is 4.92. The molecule has 0 saturated carbocycles. The molecule has 55 heavy (non-hydrogen) atoms. The molecule has 10 heteroatoms. The third-order valence-electron chi connectivity index (χ3n) is 7.97. The first-order chi connectivity index (χ1) is 26.8. The highest BCUT2D eigenvalue weighted by atomic mass is 31.2. The normalized spacial score (nSPS) is 14.3. The lowest BCUT2D eigenvalue weighted by Gasteiger charge is -2.19. The zero-order chi connectivity index (χ0) is 40.3. The van der Waals surface area contributed by atoms with Gasteiger partial charge in [0, 0.05) is 19.4 Å². The zero-order valence-electron chi connectivity index (χ0n) is 34.1. The van der Waals surface area contributed by atoms with Crippen LogP contribution < -0.4 is 5.73 Å². The van der Waals surface area contributed by atoms with Crippen molar-refractivity contribution in [1.29, 1.82) is 0 Å². The van der Waals surface area contributed by atoms with Gasteiger partial charge in [0.1, 0.15) is 6.61 Å². The maximum atomic E-state index is 12.6. The van der Waals surface area contributed by atoms with Crippen LogP contribution in [0, 0.1) is 0 Å². The predicted octanol–water partition coefficient (Wildman–Crippen LogP) is 11.8. The Morgan fingerprint density at radius 2 is 1.04 bits per heavy atom. The number of phosphoric ester groups is 1. The number of hydrogen-bond donors (Lipinski definition) is 2. The van der Waals surface area contributed by atoms with Crippen LogP contribution in [0.5, 0.6) is 0 Å². The Morgan fingerprint density at radius 3 is 1.56 bits per heavy atom. The Balaban J connectivity index is 4.35. The third-order valence-corrected chi connectivity index (χ3v) is 8.95. The summed E-state index contributed by atoms with van der Waals surface area (Å²) in [4.78, 5) is 34.8. The molecule has 0 heterocycles. The van der Waals surface area contributed by atoms with E-state index in [0.717, 1.165) is 77.0 Å². The Morgan fingerprint density at radius 1 is 0.564 bits per heavy atom. The first-order valence-corrected chi connectivity index (χ1v) is 22.2. The van der Waals surface area contributed by atoms with E-state index in [-0.39, 0.29) is 32.6 Å². The lowest BCUT2D eigenvalue weighted by Crippen LogP contribution is -2.29. The molecule has 0 aliphatic heterocycles. The summed E-state index contributed by atoms with van der Waals surface area (Å²) in [6.45, 7) is 3.46. The minimum absolute atomic E-state index is 0.0360. The van der Waals surface area contributed by atoms with Crippen molar-refractivity contribution in [2.24, 2.45) is 5.73 Å². The van der Waals surface area contributed by atoms with Gasteiger partial charge in [-0.1, -0.05) is 143 Å². The third kappa shape index (κ3) is 40.4. The molecular weight excluding hydrogens is 713 g/mol. The van der Waals surface area contributed by atoms with Crippen LogP contribution >= 0.6 is 7.82 Å². The van der Waals surface area contributed by atoms with Gasteiger partial charge in [0.25, 0.3) is 0 Å². The molecule has 0 aliphatic carbocycles. The Hall–Kier alpha value is -3.07. The smallest absolute Gasteiger partial charge is 0.462 e. The highest BCUT2D eigenvalue weighted by Crippen LogP contribution is 2.43. The minimum atomic E-state index is -4.40. The van der Waals surface area contributed by atoms with E-state index in [9.17, 15) is 19.0 Å². The lowest BCUT2D eigenvalue weighted by molar-refractivity contribution is -0.161. The molecule has 0 radical (unpaired) electrons. The van der Waals surface area contributed by atoms with E-state index in [1.54, 1.807) is 0 Å². The molecule has 0 amide bonds. The minimum Gasteiger partial charge on any atom is -0.462 e. The molecular formula is C45H74NO8P. The monoisotopic (exact) mass is 788 g/mol. The van der Waals surface area contributed by atoms with E-state index < -0.39 is 32.5 Å². The van der Waals surface area contributed by atoms with Gasteiger partial charge in [-0.05, 0) is 83.5 Å². The van der Waals surface area contributed by atoms with E-state index >= 15 is 0 Å². The van der Waals surface area contributed by atoms with Crippen LogP contribution in [-0.2, 0) is 32.7 Å². The second-order valence-corrected chi connectivity index (χ2v) is 14.6. The Kier molecular flexibility index (Phi) is 38.3. The second kappa shape index (κ2) is 40.6. The van der Waals surface area contributed by atoms with E-state index in [1.807, 2.05) is 12.2 Å². The maximum absolute atomic E-state index is 12.6. The van der Waals surface area contributed by atoms with Gasteiger partial charge in [-0.2, -0.15) is 0 Å². The van der Waals surface area contributed by atoms with Crippen molar-refractivity contribution < 1.29 is 37.6 Å². The molecule has 312 valence electrons. The van der Waals surface area contributed by atoms with Gasteiger partial charge >= 0.3 is 19.8 Å². The van der Waals surface area contributed by atoms with Crippen LogP contribution in [0.3, 0.4) is 0 Å². The first kappa shape index (κ1) is 51.9. The summed E-state index contributed by atoms with van der Waals surface area (Å²) in [5.74, 6) is -0.954. The van der Waals surface area contributed by atoms with Gasteiger partial charge in [-0.3, -0.25) is 18.6 Å². The Labute approximate surface area is 334 Å². The fourth-order valence-corrected chi connectivity index (χ4v) is 5.69. The number of esters is 2. The molecule has 0 spiro atoms. The van der Waals surface area contributed by atoms with Crippen LogP contribution in [0.2, 0.25) is 0 Å². The van der Waals surface area contributed by atoms with Crippen LogP contribution in [0.4, 0.5) is 0 Å².